The van der Waals surface area contributed by atoms with Crippen molar-refractivity contribution in [1.82, 2.24) is 4.98 Å². The predicted molar refractivity (Wildman–Crippen MR) is 77.6 cm³/mol. The molecule has 0 amide bonds. The number of aryl methyl sites for hydroxylation is 1. The average Bonchev–Trinajstić information content (AvgIpc) is 2.87. The highest BCUT2D eigenvalue weighted by Crippen LogP contribution is 2.31. The van der Waals surface area contributed by atoms with Gasteiger partial charge in [-0.2, -0.15) is 0 Å². The fourth-order valence-electron chi connectivity index (χ4n) is 2.12. The van der Waals surface area contributed by atoms with Crippen LogP contribution in [0.2, 0.25) is 0 Å². The molecule has 0 aliphatic rings. The van der Waals surface area contributed by atoms with Crippen molar-refractivity contribution < 1.29 is 23.5 Å². The first-order chi connectivity index (χ1) is 9.99. The van der Waals surface area contributed by atoms with Crippen LogP contribution in [-0.4, -0.2) is 31.1 Å². The number of ether oxygens (including phenoxy) is 2. The fraction of sp³-hybridized carbons (Fsp3) is 0.286. The Bertz CT molecular complexity index is 711. The summed E-state index contributed by atoms with van der Waals surface area (Å²) >= 11 is 3.14. The number of hydrogen-bond acceptors (Lipinski definition) is 4. The Labute approximate surface area is 128 Å². The number of carbonyl (C=O) groups excluding carboxylic acids is 2. The van der Waals surface area contributed by atoms with Crippen LogP contribution in [0.5, 0.6) is 0 Å². The molecule has 0 saturated carbocycles. The van der Waals surface area contributed by atoms with Gasteiger partial charge in [0.1, 0.15) is 11.5 Å². The van der Waals surface area contributed by atoms with E-state index >= 15 is 0 Å². The highest BCUT2D eigenvalue weighted by atomic mass is 79.9. The van der Waals surface area contributed by atoms with Crippen LogP contribution in [-0.2, 0) is 20.7 Å². The molecule has 21 heavy (non-hydrogen) atoms. The first-order valence-corrected chi connectivity index (χ1v) is 6.92. The summed E-state index contributed by atoms with van der Waals surface area (Å²) in [5.74, 6) is -1.40. The Hall–Kier alpha value is -1.89. The number of aromatic amines is 1. The van der Waals surface area contributed by atoms with Crippen molar-refractivity contribution in [2.45, 2.75) is 12.8 Å². The predicted octanol–water partition coefficient (Wildman–Crippen LogP) is 2.96. The van der Waals surface area contributed by atoms with E-state index in [4.69, 9.17) is 4.74 Å². The van der Waals surface area contributed by atoms with Crippen molar-refractivity contribution in [3.05, 3.63) is 33.7 Å². The zero-order valence-corrected chi connectivity index (χ0v) is 13.0. The highest BCUT2D eigenvalue weighted by molar-refractivity contribution is 9.10. The maximum absolute atomic E-state index is 13.6. The molecule has 1 aromatic carbocycles. The van der Waals surface area contributed by atoms with Gasteiger partial charge in [0.25, 0.3) is 0 Å². The molecule has 1 heterocycles. The number of benzene rings is 1. The summed E-state index contributed by atoms with van der Waals surface area (Å²) in [6.45, 7) is 0. The molecular formula is C14H13BrFNO4. The summed E-state index contributed by atoms with van der Waals surface area (Å²) in [4.78, 5) is 26.0. The van der Waals surface area contributed by atoms with Crippen LogP contribution >= 0.6 is 15.9 Å². The molecule has 0 atom stereocenters. The lowest BCUT2D eigenvalue weighted by molar-refractivity contribution is -0.140. The van der Waals surface area contributed by atoms with Crippen LogP contribution in [0.3, 0.4) is 0 Å². The number of halogens is 2. The minimum absolute atomic E-state index is 0.114. The number of hydrogen-bond donors (Lipinski definition) is 1. The monoisotopic (exact) mass is 357 g/mol. The van der Waals surface area contributed by atoms with Crippen molar-refractivity contribution in [3.8, 4) is 0 Å². The molecule has 1 aromatic heterocycles. The van der Waals surface area contributed by atoms with Gasteiger partial charge in [-0.3, -0.25) is 4.79 Å². The number of fused-ring (bicyclic) bond motifs is 1. The van der Waals surface area contributed by atoms with E-state index in [-0.39, 0.29) is 29.0 Å². The Morgan fingerprint density at radius 3 is 2.62 bits per heavy atom. The van der Waals surface area contributed by atoms with E-state index in [0.29, 0.717) is 16.5 Å². The Kier molecular flexibility index (Phi) is 4.62. The quantitative estimate of drug-likeness (QED) is 0.854. The SMILES string of the molecule is COC(=O)CCc1c(C(=O)OC)[nH]c2c(Br)c(F)ccc12. The molecule has 2 aromatic rings. The molecule has 112 valence electrons. The third-order valence-electron chi connectivity index (χ3n) is 3.17. The summed E-state index contributed by atoms with van der Waals surface area (Å²) < 4.78 is 23.1. The summed E-state index contributed by atoms with van der Waals surface area (Å²) in [5, 5.41) is 0.660. The van der Waals surface area contributed by atoms with E-state index < -0.39 is 11.8 Å². The van der Waals surface area contributed by atoms with Gasteiger partial charge in [-0.05, 0) is 40.0 Å². The summed E-state index contributed by atoms with van der Waals surface area (Å²) in [7, 11) is 2.55. The van der Waals surface area contributed by atoms with Gasteiger partial charge < -0.3 is 14.5 Å². The number of H-pyrrole nitrogens is 1. The Morgan fingerprint density at radius 2 is 2.00 bits per heavy atom. The molecule has 0 radical (unpaired) electrons. The average molecular weight is 358 g/mol. The molecule has 0 unspecified atom stereocenters. The van der Waals surface area contributed by atoms with E-state index in [2.05, 4.69) is 25.7 Å². The second-order valence-corrected chi connectivity index (χ2v) is 5.12. The maximum atomic E-state index is 13.6. The molecule has 7 heteroatoms. The van der Waals surface area contributed by atoms with Crippen molar-refractivity contribution >= 4 is 38.8 Å². The third kappa shape index (κ3) is 2.92. The van der Waals surface area contributed by atoms with Gasteiger partial charge in [-0.25, -0.2) is 9.18 Å². The van der Waals surface area contributed by atoms with Crippen LogP contribution < -0.4 is 0 Å². The van der Waals surface area contributed by atoms with Crippen LogP contribution in [0.4, 0.5) is 4.39 Å². The molecule has 0 spiro atoms. The minimum atomic E-state index is -0.571. The molecule has 1 N–H and O–H groups in total. The van der Waals surface area contributed by atoms with E-state index in [9.17, 15) is 14.0 Å². The number of nitrogens with one attached hydrogen (secondary N) is 1. The normalized spacial score (nSPS) is 10.7. The van der Waals surface area contributed by atoms with E-state index in [0.717, 1.165) is 0 Å². The highest BCUT2D eigenvalue weighted by Gasteiger charge is 2.21. The Morgan fingerprint density at radius 1 is 1.29 bits per heavy atom. The zero-order chi connectivity index (χ0) is 15.6. The summed E-state index contributed by atoms with van der Waals surface area (Å²) in [6.07, 6.45) is 0.400. The number of methoxy groups -OCH3 is 2. The second kappa shape index (κ2) is 6.26. The lowest BCUT2D eigenvalue weighted by Crippen LogP contribution is -2.07. The minimum Gasteiger partial charge on any atom is -0.469 e. The molecule has 0 aliphatic heterocycles. The lowest BCUT2D eigenvalue weighted by atomic mass is 10.1. The van der Waals surface area contributed by atoms with Crippen molar-refractivity contribution in [3.63, 3.8) is 0 Å². The summed E-state index contributed by atoms with van der Waals surface area (Å²) in [6, 6.07) is 2.86. The van der Waals surface area contributed by atoms with E-state index in [1.807, 2.05) is 0 Å². The summed E-state index contributed by atoms with van der Waals surface area (Å²) in [5.41, 5.74) is 1.26. The van der Waals surface area contributed by atoms with Crippen LogP contribution in [0.25, 0.3) is 10.9 Å². The lowest BCUT2D eigenvalue weighted by Gasteiger charge is -2.03. The number of esters is 2. The molecular weight excluding hydrogens is 345 g/mol. The van der Waals surface area contributed by atoms with Gasteiger partial charge in [-0.15, -0.1) is 0 Å². The van der Waals surface area contributed by atoms with Gasteiger partial charge in [0, 0.05) is 11.8 Å². The molecule has 0 fully saturated rings. The molecule has 0 bridgehead atoms. The van der Waals surface area contributed by atoms with Crippen LogP contribution in [0, 0.1) is 5.82 Å². The fourth-order valence-corrected chi connectivity index (χ4v) is 2.57. The van der Waals surface area contributed by atoms with Crippen molar-refractivity contribution in [2.24, 2.45) is 0 Å². The van der Waals surface area contributed by atoms with Crippen LogP contribution in [0.15, 0.2) is 16.6 Å². The second-order valence-electron chi connectivity index (χ2n) is 4.33. The smallest absolute Gasteiger partial charge is 0.354 e. The maximum Gasteiger partial charge on any atom is 0.354 e. The van der Waals surface area contributed by atoms with E-state index in [1.165, 1.54) is 20.3 Å². The number of carbonyl (C=O) groups is 2. The topological polar surface area (TPSA) is 68.4 Å². The Balaban J connectivity index is 2.55. The first kappa shape index (κ1) is 15.5. The van der Waals surface area contributed by atoms with Gasteiger partial charge in [-0.1, -0.05) is 0 Å². The third-order valence-corrected chi connectivity index (χ3v) is 3.94. The van der Waals surface area contributed by atoms with Crippen molar-refractivity contribution in [1.29, 1.82) is 0 Å². The number of aromatic nitrogens is 1. The molecule has 2 rings (SSSR count). The van der Waals surface area contributed by atoms with Gasteiger partial charge in [0.15, 0.2) is 0 Å². The van der Waals surface area contributed by atoms with E-state index in [1.54, 1.807) is 6.07 Å². The molecule has 0 aliphatic carbocycles. The molecule has 5 nitrogen and oxygen atoms in total. The van der Waals surface area contributed by atoms with Crippen LogP contribution in [0.1, 0.15) is 22.5 Å². The number of rotatable bonds is 4. The van der Waals surface area contributed by atoms with Crippen molar-refractivity contribution in [2.75, 3.05) is 14.2 Å². The van der Waals surface area contributed by atoms with Gasteiger partial charge in [0.2, 0.25) is 0 Å². The standard InChI is InChI=1S/C14H13BrFNO4/c1-20-10(18)6-4-8-7-3-5-9(16)11(15)12(7)17-13(8)14(19)21-2/h3,5,17H,4,6H2,1-2H3. The van der Waals surface area contributed by atoms with Gasteiger partial charge in [0.05, 0.1) is 24.2 Å². The zero-order valence-electron chi connectivity index (χ0n) is 11.5. The largest absolute Gasteiger partial charge is 0.469 e. The molecule has 0 saturated heterocycles. The van der Waals surface area contributed by atoms with Gasteiger partial charge >= 0.3 is 11.9 Å². The first-order valence-electron chi connectivity index (χ1n) is 6.13.